The van der Waals surface area contributed by atoms with Gasteiger partial charge in [-0.15, -0.1) is 0 Å². The maximum Gasteiger partial charge on any atom is 0.223 e. The van der Waals surface area contributed by atoms with Crippen molar-refractivity contribution in [1.82, 2.24) is 10.2 Å². The Labute approximate surface area is 134 Å². The molecular formula is C19H30N2O. The third-order valence-electron chi connectivity index (χ3n) is 7.75. The normalized spacial score (nSPS) is 49.5. The van der Waals surface area contributed by atoms with Crippen LogP contribution in [-0.2, 0) is 4.79 Å². The van der Waals surface area contributed by atoms with Gasteiger partial charge in [0.05, 0.1) is 0 Å². The summed E-state index contributed by atoms with van der Waals surface area (Å²) in [6, 6.07) is 0. The predicted molar refractivity (Wildman–Crippen MR) is 86.3 cm³/mol. The third kappa shape index (κ3) is 2.23. The molecule has 2 saturated heterocycles. The number of nitrogens with one attached hydrogen (secondary N) is 1. The second-order valence-electron chi connectivity index (χ2n) is 9.40. The van der Waals surface area contributed by atoms with Crippen molar-refractivity contribution in [2.24, 2.45) is 35.0 Å². The fraction of sp³-hybridized carbons (Fsp3) is 0.947. The molecule has 6 rings (SSSR count). The van der Waals surface area contributed by atoms with E-state index in [1.807, 2.05) is 0 Å². The van der Waals surface area contributed by atoms with Gasteiger partial charge in [0.25, 0.3) is 0 Å². The lowest BCUT2D eigenvalue weighted by molar-refractivity contribution is -0.141. The maximum atomic E-state index is 13.0. The molecule has 22 heavy (non-hydrogen) atoms. The summed E-state index contributed by atoms with van der Waals surface area (Å²) in [7, 11) is 0. The molecule has 3 heteroatoms. The number of hydrogen-bond acceptors (Lipinski definition) is 2. The minimum atomic E-state index is 0.413. The van der Waals surface area contributed by atoms with Crippen LogP contribution in [0.1, 0.15) is 51.4 Å². The fourth-order valence-corrected chi connectivity index (χ4v) is 7.20. The van der Waals surface area contributed by atoms with E-state index < -0.39 is 0 Å². The summed E-state index contributed by atoms with van der Waals surface area (Å²) in [4.78, 5) is 15.2. The van der Waals surface area contributed by atoms with Crippen molar-refractivity contribution >= 4 is 5.91 Å². The highest BCUT2D eigenvalue weighted by molar-refractivity contribution is 5.77. The lowest BCUT2D eigenvalue weighted by atomic mass is 9.49. The second kappa shape index (κ2) is 4.96. The summed E-state index contributed by atoms with van der Waals surface area (Å²) < 4.78 is 0. The zero-order valence-corrected chi connectivity index (χ0v) is 13.7. The lowest BCUT2D eigenvalue weighted by Crippen LogP contribution is -2.50. The number of rotatable bonds is 2. The molecule has 2 unspecified atom stereocenters. The van der Waals surface area contributed by atoms with Crippen LogP contribution in [0.2, 0.25) is 0 Å². The number of piperidine rings is 1. The number of carbonyl (C=O) groups excluding carboxylic acids is 1. The Hall–Kier alpha value is -0.570. The molecule has 0 aromatic rings. The van der Waals surface area contributed by atoms with Crippen LogP contribution in [0, 0.1) is 35.0 Å². The summed E-state index contributed by atoms with van der Waals surface area (Å²) in [6.07, 6.45) is 10.6. The highest BCUT2D eigenvalue weighted by atomic mass is 16.2. The monoisotopic (exact) mass is 302 g/mol. The first-order valence-corrected chi connectivity index (χ1v) is 9.68. The Balaban J connectivity index is 1.27. The zero-order valence-electron chi connectivity index (χ0n) is 13.7. The first-order valence-electron chi connectivity index (χ1n) is 9.68. The standard InChI is InChI=1S/C19H30N2O/c22-18(21-2-1-16-10-20-11-17(16)12-21)9-19-6-13-3-14(7-19)5-15(4-13)8-19/h13-17,20H,1-12H2. The molecule has 2 heterocycles. The van der Waals surface area contributed by atoms with Gasteiger partial charge >= 0.3 is 0 Å². The van der Waals surface area contributed by atoms with E-state index in [1.54, 1.807) is 0 Å². The zero-order chi connectivity index (χ0) is 14.7. The molecule has 1 amide bonds. The smallest absolute Gasteiger partial charge is 0.223 e. The van der Waals surface area contributed by atoms with Gasteiger partial charge in [-0.05, 0) is 93.0 Å². The van der Waals surface area contributed by atoms with E-state index in [2.05, 4.69) is 10.2 Å². The number of hydrogen-bond donors (Lipinski definition) is 1. The predicted octanol–water partition coefficient (Wildman–Crippen LogP) is 2.66. The molecule has 6 fully saturated rings. The minimum Gasteiger partial charge on any atom is -0.342 e. The van der Waals surface area contributed by atoms with Crippen LogP contribution >= 0.6 is 0 Å². The Morgan fingerprint density at radius 1 is 1.00 bits per heavy atom. The van der Waals surface area contributed by atoms with Gasteiger partial charge in [-0.25, -0.2) is 0 Å². The van der Waals surface area contributed by atoms with E-state index in [0.717, 1.165) is 55.6 Å². The molecule has 4 saturated carbocycles. The molecule has 2 aliphatic heterocycles. The highest BCUT2D eigenvalue weighted by Gasteiger charge is 2.52. The average molecular weight is 302 g/mol. The molecule has 2 atom stereocenters. The molecule has 0 spiro atoms. The first-order chi connectivity index (χ1) is 10.7. The first kappa shape index (κ1) is 13.8. The van der Waals surface area contributed by atoms with Crippen LogP contribution in [0.15, 0.2) is 0 Å². The van der Waals surface area contributed by atoms with Gasteiger partial charge in [0.15, 0.2) is 0 Å². The van der Waals surface area contributed by atoms with Gasteiger partial charge < -0.3 is 10.2 Å². The molecule has 4 aliphatic carbocycles. The summed E-state index contributed by atoms with van der Waals surface area (Å²) in [5.41, 5.74) is 0.413. The Bertz CT molecular complexity index is 439. The summed E-state index contributed by atoms with van der Waals surface area (Å²) in [5, 5.41) is 3.51. The number of fused-ring (bicyclic) bond motifs is 1. The van der Waals surface area contributed by atoms with Crippen molar-refractivity contribution in [3.05, 3.63) is 0 Å². The number of amides is 1. The molecule has 0 radical (unpaired) electrons. The van der Waals surface area contributed by atoms with Gasteiger partial charge in [0.1, 0.15) is 0 Å². The Morgan fingerprint density at radius 2 is 1.64 bits per heavy atom. The van der Waals surface area contributed by atoms with E-state index in [-0.39, 0.29) is 0 Å². The van der Waals surface area contributed by atoms with Gasteiger partial charge in [-0.1, -0.05) is 0 Å². The molecule has 6 aliphatic rings. The van der Waals surface area contributed by atoms with Gasteiger partial charge in [0.2, 0.25) is 5.91 Å². The van der Waals surface area contributed by atoms with Crippen LogP contribution in [0.25, 0.3) is 0 Å². The van der Waals surface area contributed by atoms with E-state index in [1.165, 1.54) is 51.5 Å². The quantitative estimate of drug-likeness (QED) is 0.850. The van der Waals surface area contributed by atoms with Crippen molar-refractivity contribution in [3.63, 3.8) is 0 Å². The van der Waals surface area contributed by atoms with Crippen LogP contribution in [-0.4, -0.2) is 37.0 Å². The van der Waals surface area contributed by atoms with E-state index in [0.29, 0.717) is 11.3 Å². The van der Waals surface area contributed by atoms with Crippen molar-refractivity contribution in [2.75, 3.05) is 26.2 Å². The largest absolute Gasteiger partial charge is 0.342 e. The summed E-state index contributed by atoms with van der Waals surface area (Å²) in [5.74, 6) is 4.95. The van der Waals surface area contributed by atoms with Crippen molar-refractivity contribution in [1.29, 1.82) is 0 Å². The number of carbonyl (C=O) groups is 1. The van der Waals surface area contributed by atoms with Crippen LogP contribution < -0.4 is 5.32 Å². The molecular weight excluding hydrogens is 272 g/mol. The fourth-order valence-electron chi connectivity index (χ4n) is 7.20. The molecule has 3 nitrogen and oxygen atoms in total. The van der Waals surface area contributed by atoms with Gasteiger partial charge in [-0.3, -0.25) is 4.79 Å². The molecule has 0 aromatic carbocycles. The van der Waals surface area contributed by atoms with Crippen molar-refractivity contribution in [2.45, 2.75) is 51.4 Å². The Morgan fingerprint density at radius 3 is 2.32 bits per heavy atom. The molecule has 122 valence electrons. The lowest BCUT2D eigenvalue weighted by Gasteiger charge is -2.57. The molecule has 0 aromatic heterocycles. The molecule has 1 N–H and O–H groups in total. The highest BCUT2D eigenvalue weighted by Crippen LogP contribution is 2.61. The minimum absolute atomic E-state index is 0.413. The number of nitrogens with zero attached hydrogens (tertiary/aromatic N) is 1. The second-order valence-corrected chi connectivity index (χ2v) is 9.40. The Kier molecular flexibility index (Phi) is 3.12. The van der Waals surface area contributed by atoms with Crippen molar-refractivity contribution in [3.8, 4) is 0 Å². The molecule has 4 bridgehead atoms. The van der Waals surface area contributed by atoms with Crippen LogP contribution in [0.3, 0.4) is 0 Å². The van der Waals surface area contributed by atoms with E-state index in [9.17, 15) is 4.79 Å². The van der Waals surface area contributed by atoms with Crippen LogP contribution in [0.5, 0.6) is 0 Å². The maximum absolute atomic E-state index is 13.0. The third-order valence-corrected chi connectivity index (χ3v) is 7.75. The summed E-state index contributed by atoms with van der Waals surface area (Å²) >= 11 is 0. The van der Waals surface area contributed by atoms with Gasteiger partial charge in [-0.2, -0.15) is 0 Å². The topological polar surface area (TPSA) is 32.3 Å². The SMILES string of the molecule is O=C(CC12CC3CC(CC(C3)C1)C2)N1CCC2CNCC2C1. The van der Waals surface area contributed by atoms with Gasteiger partial charge in [0, 0.05) is 19.5 Å². The van der Waals surface area contributed by atoms with Crippen molar-refractivity contribution < 1.29 is 4.79 Å². The van der Waals surface area contributed by atoms with Crippen LogP contribution in [0.4, 0.5) is 0 Å². The van der Waals surface area contributed by atoms with E-state index in [4.69, 9.17) is 0 Å². The summed E-state index contributed by atoms with van der Waals surface area (Å²) in [6.45, 7) is 4.37. The average Bonchev–Trinajstić information content (AvgIpc) is 2.92. The van der Waals surface area contributed by atoms with E-state index >= 15 is 0 Å². The number of likely N-dealkylation sites (tertiary alicyclic amines) is 1.